The Morgan fingerprint density at radius 3 is 2.59 bits per heavy atom. The van der Waals surface area contributed by atoms with Crippen molar-refractivity contribution in [2.24, 2.45) is 7.05 Å². The molecule has 1 aliphatic heterocycles. The molecule has 0 aliphatic carbocycles. The normalized spacial score (nSPS) is 13.8. The van der Waals surface area contributed by atoms with Crippen molar-refractivity contribution in [3.63, 3.8) is 0 Å². The first kappa shape index (κ1) is 21.7. The predicted molar refractivity (Wildman–Crippen MR) is 112 cm³/mol. The lowest BCUT2D eigenvalue weighted by Gasteiger charge is -2.19. The van der Waals surface area contributed by atoms with E-state index in [2.05, 4.69) is 27.5 Å². The van der Waals surface area contributed by atoms with Crippen LogP contribution in [0.4, 0.5) is 11.5 Å². The fourth-order valence-corrected chi connectivity index (χ4v) is 2.85. The molecule has 0 saturated carbocycles. The highest BCUT2D eigenvalue weighted by molar-refractivity contribution is 5.99. The van der Waals surface area contributed by atoms with E-state index in [4.69, 9.17) is 0 Å². The van der Waals surface area contributed by atoms with E-state index in [1.807, 2.05) is 13.8 Å². The minimum atomic E-state index is -0.544. The summed E-state index contributed by atoms with van der Waals surface area (Å²) in [6, 6.07) is -0.0660. The molecule has 0 aromatic carbocycles. The van der Waals surface area contributed by atoms with Crippen LogP contribution in [0.5, 0.6) is 0 Å². The van der Waals surface area contributed by atoms with Gasteiger partial charge in [-0.2, -0.15) is 0 Å². The molecule has 0 atom stereocenters. The number of anilines is 2. The summed E-state index contributed by atoms with van der Waals surface area (Å²) in [5.41, 5.74) is -0.244. The number of carbonyl (C=O) groups is 2. The Morgan fingerprint density at radius 1 is 1.31 bits per heavy atom. The zero-order valence-electron chi connectivity index (χ0n) is 17.0. The summed E-state index contributed by atoms with van der Waals surface area (Å²) in [7, 11) is 1.36. The van der Waals surface area contributed by atoms with Gasteiger partial charge in [0.2, 0.25) is 5.91 Å². The van der Waals surface area contributed by atoms with Gasteiger partial charge in [-0.05, 0) is 26.8 Å². The Balaban J connectivity index is 2.20. The van der Waals surface area contributed by atoms with Crippen LogP contribution in [0.1, 0.15) is 20.8 Å². The van der Waals surface area contributed by atoms with Crippen LogP contribution in [0, 0.1) is 0 Å². The summed E-state index contributed by atoms with van der Waals surface area (Å²) in [6.07, 6.45) is 4.59. The van der Waals surface area contributed by atoms with Crippen molar-refractivity contribution in [3.8, 4) is 0 Å². The molecule has 10 nitrogen and oxygen atoms in total. The second-order valence-electron chi connectivity index (χ2n) is 6.75. The molecular weight excluding hydrogens is 376 g/mol. The minimum Gasteiger partial charge on any atom is -0.352 e. The smallest absolute Gasteiger partial charge is 0.329 e. The third kappa shape index (κ3) is 4.84. The first-order valence-corrected chi connectivity index (χ1v) is 9.11. The van der Waals surface area contributed by atoms with E-state index >= 15 is 0 Å². The van der Waals surface area contributed by atoms with E-state index in [9.17, 15) is 19.2 Å². The number of fused-ring (bicyclic) bond motifs is 1. The predicted octanol–water partition coefficient (Wildman–Crippen LogP) is -0.0800. The maximum atomic E-state index is 12.6. The summed E-state index contributed by atoms with van der Waals surface area (Å²) < 4.78 is 0.938. The van der Waals surface area contributed by atoms with E-state index in [0.717, 1.165) is 4.57 Å². The Morgan fingerprint density at radius 2 is 2.00 bits per heavy atom. The number of aromatic nitrogens is 2. The molecule has 1 aliphatic rings. The quantitative estimate of drug-likeness (QED) is 0.373. The molecule has 0 spiro atoms. The van der Waals surface area contributed by atoms with Crippen molar-refractivity contribution >= 4 is 23.3 Å². The number of hydrogen-bond donors (Lipinski definition) is 4. The van der Waals surface area contributed by atoms with Crippen molar-refractivity contribution in [3.05, 3.63) is 56.9 Å². The van der Waals surface area contributed by atoms with Crippen LogP contribution in [0.15, 0.2) is 45.7 Å². The number of carbonyl (C=O) groups excluding carboxylic acids is 2. The summed E-state index contributed by atoms with van der Waals surface area (Å²) in [5, 5.41) is 8.36. The van der Waals surface area contributed by atoms with Crippen LogP contribution < -0.4 is 32.1 Å². The highest BCUT2D eigenvalue weighted by Crippen LogP contribution is 2.23. The van der Waals surface area contributed by atoms with E-state index in [0.29, 0.717) is 11.3 Å². The van der Waals surface area contributed by atoms with Gasteiger partial charge in [0.1, 0.15) is 11.5 Å². The van der Waals surface area contributed by atoms with Gasteiger partial charge in [-0.1, -0.05) is 18.7 Å². The zero-order chi connectivity index (χ0) is 21.7. The molecule has 156 valence electrons. The van der Waals surface area contributed by atoms with Gasteiger partial charge in [0.25, 0.3) is 11.5 Å². The van der Waals surface area contributed by atoms with E-state index in [-0.39, 0.29) is 36.7 Å². The lowest BCUT2D eigenvalue weighted by Crippen LogP contribution is -2.41. The fraction of sp³-hybridized carbons (Fsp3) is 0.368. The fourth-order valence-electron chi connectivity index (χ4n) is 2.85. The second-order valence-corrected chi connectivity index (χ2v) is 6.75. The van der Waals surface area contributed by atoms with Gasteiger partial charge >= 0.3 is 5.69 Å². The highest BCUT2D eigenvalue weighted by Gasteiger charge is 2.27. The third-order valence-electron chi connectivity index (χ3n) is 4.18. The van der Waals surface area contributed by atoms with Crippen molar-refractivity contribution in [2.75, 3.05) is 23.4 Å². The van der Waals surface area contributed by atoms with Crippen LogP contribution in [-0.4, -0.2) is 40.6 Å². The first-order valence-electron chi connectivity index (χ1n) is 9.11. The molecule has 1 aromatic rings. The van der Waals surface area contributed by atoms with Crippen molar-refractivity contribution in [1.82, 2.24) is 20.2 Å². The van der Waals surface area contributed by atoms with E-state index in [1.54, 1.807) is 13.0 Å². The number of H-pyrrole nitrogens is 1. The lowest BCUT2D eigenvalue weighted by molar-refractivity contribution is -0.119. The van der Waals surface area contributed by atoms with E-state index in [1.165, 1.54) is 24.1 Å². The van der Waals surface area contributed by atoms with Gasteiger partial charge in [0, 0.05) is 13.1 Å². The Bertz CT molecular complexity index is 999. The summed E-state index contributed by atoms with van der Waals surface area (Å²) in [5.74, 6) is -0.480. The molecule has 0 saturated heterocycles. The van der Waals surface area contributed by atoms with Crippen LogP contribution >= 0.6 is 0 Å². The summed E-state index contributed by atoms with van der Waals surface area (Å²) in [4.78, 5) is 53.2. The topological polar surface area (TPSA) is 128 Å². The zero-order valence-corrected chi connectivity index (χ0v) is 17.0. The maximum absolute atomic E-state index is 12.6. The molecule has 2 amide bonds. The number of aromatic amines is 1. The van der Waals surface area contributed by atoms with Gasteiger partial charge in [-0.15, -0.1) is 0 Å². The summed E-state index contributed by atoms with van der Waals surface area (Å²) >= 11 is 0. The number of nitrogens with zero attached hydrogens (tertiary/aromatic N) is 2. The molecule has 1 aromatic heterocycles. The number of allylic oxidation sites excluding steroid dienone is 3. The van der Waals surface area contributed by atoms with Crippen LogP contribution in [0.3, 0.4) is 0 Å². The molecule has 0 bridgehead atoms. The Kier molecular flexibility index (Phi) is 6.81. The van der Waals surface area contributed by atoms with Crippen molar-refractivity contribution < 1.29 is 9.59 Å². The molecular formula is C19H26N6O4. The monoisotopic (exact) mass is 402 g/mol. The average molecular weight is 402 g/mol. The lowest BCUT2D eigenvalue weighted by atomic mass is 10.1. The van der Waals surface area contributed by atoms with Crippen molar-refractivity contribution in [2.45, 2.75) is 26.8 Å². The standard InChI is InChI=1S/C19H26N6O4/c1-6-8-13(12(7-2)17(27)21-11(3)4)22-14(26)9-25-10-20-16-15(25)18(28)24(5)19(29)23-16/h6-8,11,20H,1,9-10H2,2-5H3,(H,21,27)(H,22,26)(H,23,29)/b12-7+,13-8+. The van der Waals surface area contributed by atoms with Crippen LogP contribution in [-0.2, 0) is 16.6 Å². The van der Waals surface area contributed by atoms with Crippen LogP contribution in [0.2, 0.25) is 0 Å². The van der Waals surface area contributed by atoms with Crippen LogP contribution in [0.25, 0.3) is 0 Å². The molecule has 4 N–H and O–H groups in total. The van der Waals surface area contributed by atoms with Gasteiger partial charge in [0.05, 0.1) is 24.5 Å². The number of rotatable bonds is 7. The maximum Gasteiger partial charge on any atom is 0.329 e. The van der Waals surface area contributed by atoms with Gasteiger partial charge in [-0.3, -0.25) is 23.9 Å². The highest BCUT2D eigenvalue weighted by atomic mass is 16.2. The van der Waals surface area contributed by atoms with Gasteiger partial charge < -0.3 is 20.9 Å². The summed E-state index contributed by atoms with van der Waals surface area (Å²) in [6.45, 7) is 9.02. The van der Waals surface area contributed by atoms with Gasteiger partial charge in [-0.25, -0.2) is 4.79 Å². The van der Waals surface area contributed by atoms with E-state index < -0.39 is 17.2 Å². The Labute approximate surface area is 168 Å². The number of nitrogens with one attached hydrogen (secondary N) is 4. The molecule has 2 rings (SSSR count). The number of amides is 2. The molecule has 0 radical (unpaired) electrons. The molecule has 0 unspecified atom stereocenters. The molecule has 2 heterocycles. The second kappa shape index (κ2) is 9.09. The number of hydrogen-bond acceptors (Lipinski definition) is 6. The molecule has 0 fully saturated rings. The molecule has 29 heavy (non-hydrogen) atoms. The largest absolute Gasteiger partial charge is 0.352 e. The first-order chi connectivity index (χ1) is 13.7. The van der Waals surface area contributed by atoms with Crippen molar-refractivity contribution in [1.29, 1.82) is 0 Å². The minimum absolute atomic E-state index is 0.0660. The SMILES string of the molecule is C=C/C=C(NC(=O)CN1CNc2[nH]c(=O)n(C)c(=O)c21)\C(=C/C)C(=O)NC(C)C. The van der Waals surface area contributed by atoms with Gasteiger partial charge in [0.15, 0.2) is 0 Å². The molecule has 10 heteroatoms. The Hall–Kier alpha value is -3.56. The average Bonchev–Trinajstić information content (AvgIpc) is 3.02. The third-order valence-corrected chi connectivity index (χ3v) is 4.18.